The Labute approximate surface area is 303 Å². The zero-order valence-electron chi connectivity index (χ0n) is 28.1. The van der Waals surface area contributed by atoms with Crippen molar-refractivity contribution in [1.29, 1.82) is 0 Å². The third-order valence-electron chi connectivity index (χ3n) is 14.1. The van der Waals surface area contributed by atoms with Gasteiger partial charge in [0.25, 0.3) is 6.47 Å². The minimum absolute atomic E-state index is 0. The van der Waals surface area contributed by atoms with E-state index >= 15 is 0 Å². The van der Waals surface area contributed by atoms with Crippen LogP contribution >= 0.6 is 0 Å². The molecule has 4 aliphatic carbocycles. The first kappa shape index (κ1) is 34.1. The summed E-state index contributed by atoms with van der Waals surface area (Å²) >= 11 is 0. The average molecular weight is 680 g/mol. The molecule has 17 atom stereocenters. The number of carbonyl (C=O) groups excluding carboxylic acids is 1. The number of nitrogens with one attached hydrogen (secondary N) is 8. The Morgan fingerprint density at radius 1 is 0.422 bits per heavy atom. The zero-order chi connectivity index (χ0) is 28.5. The van der Waals surface area contributed by atoms with E-state index in [2.05, 4.69) is 42.5 Å². The molecule has 45 heavy (non-hydrogen) atoms. The molecule has 9 rings (SSSR count). The van der Waals surface area contributed by atoms with Crippen LogP contribution in [0.2, 0.25) is 0 Å². The normalized spacial score (nSPS) is 53.5. The molecule has 5 aliphatic heterocycles. The number of hydrogen-bond donors (Lipinski definition) is 8. The van der Waals surface area contributed by atoms with Gasteiger partial charge in [0.2, 0.25) is 0 Å². The van der Waals surface area contributed by atoms with Crippen molar-refractivity contribution >= 4 is 6.47 Å². The smallest absolute Gasteiger partial charge is 1.00 e. The van der Waals surface area contributed by atoms with E-state index in [0.717, 1.165) is 12.8 Å². The number of carbonyl (C=O) groups is 1. The van der Waals surface area contributed by atoms with Crippen molar-refractivity contribution in [3.05, 3.63) is 0 Å². The minimum Gasteiger partial charge on any atom is -1.00 e. The van der Waals surface area contributed by atoms with Crippen molar-refractivity contribution in [2.45, 2.75) is 152 Å². The van der Waals surface area contributed by atoms with Crippen molar-refractivity contribution < 1.29 is 57.3 Å². The van der Waals surface area contributed by atoms with Gasteiger partial charge in [0.15, 0.2) is 0 Å². The van der Waals surface area contributed by atoms with Gasteiger partial charge in [-0.2, -0.15) is 0 Å². The molecule has 4 saturated carbocycles. The summed E-state index contributed by atoms with van der Waals surface area (Å²) in [6.07, 6.45) is 21.5. The Morgan fingerprint density at radius 2 is 0.711 bits per heavy atom. The Balaban J connectivity index is 0.00000124. The van der Waals surface area contributed by atoms with Gasteiger partial charge < -0.3 is 6.16 Å². The van der Waals surface area contributed by atoms with Crippen molar-refractivity contribution in [3.63, 3.8) is 0 Å². The van der Waals surface area contributed by atoms with E-state index < -0.39 is 0 Å². The molecule has 5 saturated heterocycles. The molecule has 5 heterocycles. The Morgan fingerprint density at radius 3 is 1.04 bits per heavy atom. The van der Waals surface area contributed by atoms with Crippen LogP contribution in [0.15, 0.2) is 0 Å². The molecular weight excluding hydrogens is 622 g/mol. The van der Waals surface area contributed by atoms with E-state index in [1.807, 2.05) is 0 Å². The molecule has 0 aromatic carbocycles. The van der Waals surface area contributed by atoms with Crippen LogP contribution in [-0.2, 0) is 26.3 Å². The van der Waals surface area contributed by atoms with Crippen molar-refractivity contribution in [2.75, 3.05) is 0 Å². The van der Waals surface area contributed by atoms with Gasteiger partial charge in [0.05, 0.1) is 49.3 Å². The molecule has 8 N–H and O–H groups in total. The second kappa shape index (κ2) is 14.5. The Hall–Kier alpha value is 0.656. The standard InChI is InChI=1S/C33H56N8O2.Co.Na.H/c42-16-43-24-15-7-14-23-25(24)33-40-31-22-13-6-5-12-21(22)29(38-31)36-27-18-9-2-1-8-17(18)26(34-27)35-28-19-10-3-4-11-20(19)30(37-28)39-32(23)41-33;;;/h16-41H,1-15H2;;;/q;;+1;-1. The third-order valence-corrected chi connectivity index (χ3v) is 14.1. The van der Waals surface area contributed by atoms with Gasteiger partial charge in [0, 0.05) is 22.7 Å². The van der Waals surface area contributed by atoms with Crippen molar-refractivity contribution in [3.8, 4) is 0 Å². The fraction of sp³-hybridized carbons (Fsp3) is 0.970. The molecule has 1 radical (unpaired) electrons. The fourth-order valence-corrected chi connectivity index (χ4v) is 12.2. The van der Waals surface area contributed by atoms with E-state index in [-0.39, 0.29) is 78.3 Å². The molecule has 10 nitrogen and oxygen atoms in total. The van der Waals surface area contributed by atoms with Gasteiger partial charge in [-0.3, -0.25) is 47.3 Å². The maximum absolute atomic E-state index is 11.6. The quantitative estimate of drug-likeness (QED) is 0.135. The second-order valence-corrected chi connectivity index (χ2v) is 15.9. The Bertz CT molecular complexity index is 1040. The Kier molecular flexibility index (Phi) is 11.0. The molecule has 12 heteroatoms. The average Bonchev–Trinajstić information content (AvgIpc) is 3.77. The first-order valence-electron chi connectivity index (χ1n) is 18.4. The molecule has 17 unspecified atom stereocenters. The van der Waals surface area contributed by atoms with Gasteiger partial charge in [0.1, 0.15) is 6.10 Å². The summed E-state index contributed by atoms with van der Waals surface area (Å²) in [6, 6.07) is 0. The van der Waals surface area contributed by atoms with Gasteiger partial charge >= 0.3 is 29.6 Å². The molecule has 0 spiro atoms. The topological polar surface area (TPSA) is 123 Å². The minimum atomic E-state index is -0.0239. The van der Waals surface area contributed by atoms with Crippen LogP contribution in [0.4, 0.5) is 0 Å². The van der Waals surface area contributed by atoms with Gasteiger partial charge in [-0.15, -0.1) is 0 Å². The maximum Gasteiger partial charge on any atom is 1.00 e. The predicted molar refractivity (Wildman–Crippen MR) is 165 cm³/mol. The van der Waals surface area contributed by atoms with Crippen molar-refractivity contribution in [2.24, 2.45) is 47.3 Å². The molecule has 0 aromatic rings. The SMILES string of the molecule is O=COC1CCCC2C3NC4NC(NC5NC(NC6NC(NC(N3)C12)C1CCCCC61)C1CCCCC51)C1CCCCC41.[Co].[H-].[Na+]. The van der Waals surface area contributed by atoms with Crippen LogP contribution in [0, 0.1) is 47.3 Å². The van der Waals surface area contributed by atoms with Crippen LogP contribution in [0.5, 0.6) is 0 Å². The molecular formula is C33H57CoN8NaO2. The summed E-state index contributed by atoms with van der Waals surface area (Å²) in [6.45, 7) is 0.702. The molecule has 0 amide bonds. The predicted octanol–water partition coefficient (Wildman–Crippen LogP) is -1.13. The van der Waals surface area contributed by atoms with Crippen LogP contribution < -0.4 is 72.1 Å². The van der Waals surface area contributed by atoms with E-state index in [1.54, 1.807) is 0 Å². The van der Waals surface area contributed by atoms with E-state index in [9.17, 15) is 4.79 Å². The zero-order valence-corrected chi connectivity index (χ0v) is 30.2. The van der Waals surface area contributed by atoms with E-state index in [4.69, 9.17) is 4.74 Å². The summed E-state index contributed by atoms with van der Waals surface area (Å²) < 4.78 is 5.83. The van der Waals surface area contributed by atoms with Crippen LogP contribution in [0.25, 0.3) is 0 Å². The second-order valence-electron chi connectivity index (χ2n) is 15.9. The molecule has 9 aliphatic rings. The largest absolute Gasteiger partial charge is 1.00 e. The van der Waals surface area contributed by atoms with Crippen LogP contribution in [0.3, 0.4) is 0 Å². The first-order chi connectivity index (χ1) is 21.2. The number of fused-ring (bicyclic) bond motifs is 20. The monoisotopic (exact) mass is 679 g/mol. The van der Waals surface area contributed by atoms with Crippen molar-refractivity contribution in [1.82, 2.24) is 42.5 Å². The summed E-state index contributed by atoms with van der Waals surface area (Å²) in [5.41, 5.74) is 0. The van der Waals surface area contributed by atoms with Gasteiger partial charge in [-0.1, -0.05) is 38.5 Å². The van der Waals surface area contributed by atoms with Gasteiger partial charge in [-0.05, 0) is 99.2 Å². The van der Waals surface area contributed by atoms with Gasteiger partial charge in [-0.25, -0.2) is 0 Å². The summed E-state index contributed by atoms with van der Waals surface area (Å²) in [7, 11) is 0. The maximum atomic E-state index is 11.6. The van der Waals surface area contributed by atoms with E-state index in [0.29, 0.717) is 78.7 Å². The fourth-order valence-electron chi connectivity index (χ4n) is 12.2. The molecule has 8 bridgehead atoms. The van der Waals surface area contributed by atoms with Crippen LogP contribution in [0.1, 0.15) is 97.7 Å². The number of ether oxygens (including phenoxy) is 1. The van der Waals surface area contributed by atoms with Crippen LogP contribution in [-0.4, -0.2) is 61.9 Å². The summed E-state index contributed by atoms with van der Waals surface area (Å²) in [5.74, 6) is 4.71. The molecule has 0 aromatic heterocycles. The number of hydrogen-bond acceptors (Lipinski definition) is 10. The summed E-state index contributed by atoms with van der Waals surface area (Å²) in [5, 5.41) is 33.3. The third kappa shape index (κ3) is 6.18. The molecule has 251 valence electrons. The molecule has 9 fully saturated rings. The van der Waals surface area contributed by atoms with E-state index in [1.165, 1.54) is 83.5 Å². The number of rotatable bonds is 2. The first-order valence-corrected chi connectivity index (χ1v) is 18.4. The summed E-state index contributed by atoms with van der Waals surface area (Å²) in [4.78, 5) is 11.6.